The lowest BCUT2D eigenvalue weighted by Crippen LogP contribution is -2.26. The second-order valence-corrected chi connectivity index (χ2v) is 4.60. The minimum atomic E-state index is -0.0902. The van der Waals surface area contributed by atoms with Crippen molar-refractivity contribution in [3.8, 4) is 0 Å². The molecule has 112 valence electrons. The smallest absolute Gasteiger partial charge is 0.254 e. The van der Waals surface area contributed by atoms with Gasteiger partial charge in [0.15, 0.2) is 0 Å². The van der Waals surface area contributed by atoms with Gasteiger partial charge in [-0.3, -0.25) is 9.78 Å². The summed E-state index contributed by atoms with van der Waals surface area (Å²) in [4.78, 5) is 16.3. The molecule has 1 amide bonds. The van der Waals surface area contributed by atoms with Crippen LogP contribution < -0.4 is 10.6 Å². The van der Waals surface area contributed by atoms with Crippen molar-refractivity contribution < 1.29 is 9.53 Å². The van der Waals surface area contributed by atoms with Crippen LogP contribution in [0.15, 0.2) is 12.3 Å². The van der Waals surface area contributed by atoms with Gasteiger partial charge in [-0.2, -0.15) is 0 Å². The van der Waals surface area contributed by atoms with Gasteiger partial charge in [-0.25, -0.2) is 0 Å². The molecule has 0 fully saturated rings. The van der Waals surface area contributed by atoms with Crippen molar-refractivity contribution >= 4 is 11.6 Å². The van der Waals surface area contributed by atoms with Crippen LogP contribution in [0.2, 0.25) is 0 Å². The quantitative estimate of drug-likeness (QED) is 0.681. The standard InChI is InChI=1S/C15H25N3O2/c1-4-7-16-14-10-12(3)18-11-13(14)15(19)17-8-6-9-20-5-2/h10-11H,4-9H2,1-3H3,(H,16,18)(H,17,19). The summed E-state index contributed by atoms with van der Waals surface area (Å²) in [5.74, 6) is -0.0902. The molecule has 1 aromatic rings. The third-order valence-corrected chi connectivity index (χ3v) is 2.81. The molecule has 0 aliphatic rings. The van der Waals surface area contributed by atoms with Gasteiger partial charge >= 0.3 is 0 Å². The molecule has 0 aliphatic heterocycles. The van der Waals surface area contributed by atoms with Crippen molar-refractivity contribution in [2.45, 2.75) is 33.6 Å². The van der Waals surface area contributed by atoms with Crippen molar-refractivity contribution in [2.75, 3.05) is 31.6 Å². The molecule has 2 N–H and O–H groups in total. The van der Waals surface area contributed by atoms with Crippen molar-refractivity contribution in [1.29, 1.82) is 0 Å². The lowest BCUT2D eigenvalue weighted by atomic mass is 10.2. The molecule has 0 spiro atoms. The SMILES string of the molecule is CCCNc1cc(C)ncc1C(=O)NCCCOCC. The van der Waals surface area contributed by atoms with Crippen LogP contribution >= 0.6 is 0 Å². The average Bonchev–Trinajstić information content (AvgIpc) is 2.44. The molecular weight excluding hydrogens is 254 g/mol. The van der Waals surface area contributed by atoms with Crippen molar-refractivity contribution in [2.24, 2.45) is 0 Å². The normalized spacial score (nSPS) is 10.3. The molecule has 0 aliphatic carbocycles. The highest BCUT2D eigenvalue weighted by molar-refractivity contribution is 5.99. The van der Waals surface area contributed by atoms with Crippen LogP contribution in [0.5, 0.6) is 0 Å². The number of carbonyl (C=O) groups is 1. The Labute approximate surface area is 121 Å². The molecule has 0 unspecified atom stereocenters. The van der Waals surface area contributed by atoms with Crippen molar-refractivity contribution in [3.05, 3.63) is 23.5 Å². The zero-order chi connectivity index (χ0) is 14.8. The Morgan fingerprint density at radius 2 is 2.15 bits per heavy atom. The van der Waals surface area contributed by atoms with Gasteiger partial charge in [0.1, 0.15) is 0 Å². The fourth-order valence-electron chi connectivity index (χ4n) is 1.76. The molecule has 1 heterocycles. The van der Waals surface area contributed by atoms with E-state index in [0.717, 1.165) is 30.8 Å². The zero-order valence-electron chi connectivity index (χ0n) is 12.7. The fourth-order valence-corrected chi connectivity index (χ4v) is 1.76. The van der Waals surface area contributed by atoms with Crippen LogP contribution in [-0.4, -0.2) is 37.2 Å². The topological polar surface area (TPSA) is 63.2 Å². The maximum absolute atomic E-state index is 12.1. The highest BCUT2D eigenvalue weighted by Gasteiger charge is 2.11. The van der Waals surface area contributed by atoms with Gasteiger partial charge in [0.25, 0.3) is 5.91 Å². The number of carbonyl (C=O) groups excluding carboxylic acids is 1. The van der Waals surface area contributed by atoms with E-state index in [1.54, 1.807) is 6.20 Å². The van der Waals surface area contributed by atoms with Gasteiger partial charge in [-0.1, -0.05) is 6.92 Å². The molecular formula is C15H25N3O2. The largest absolute Gasteiger partial charge is 0.384 e. The monoisotopic (exact) mass is 279 g/mol. The second-order valence-electron chi connectivity index (χ2n) is 4.60. The van der Waals surface area contributed by atoms with Gasteiger partial charge in [-0.15, -0.1) is 0 Å². The van der Waals surface area contributed by atoms with E-state index in [1.807, 2.05) is 19.9 Å². The van der Waals surface area contributed by atoms with Crippen LogP contribution in [0.1, 0.15) is 42.7 Å². The fraction of sp³-hybridized carbons (Fsp3) is 0.600. The minimum Gasteiger partial charge on any atom is -0.384 e. The van der Waals surface area contributed by atoms with Crippen molar-refractivity contribution in [1.82, 2.24) is 10.3 Å². The van der Waals surface area contributed by atoms with Crippen LogP contribution in [-0.2, 0) is 4.74 Å². The number of aryl methyl sites for hydroxylation is 1. The van der Waals surface area contributed by atoms with Gasteiger partial charge in [0.2, 0.25) is 0 Å². The van der Waals surface area contributed by atoms with Gasteiger partial charge in [-0.05, 0) is 32.8 Å². The van der Waals surface area contributed by atoms with Gasteiger partial charge in [0.05, 0.1) is 11.3 Å². The Balaban J connectivity index is 2.57. The molecule has 0 radical (unpaired) electrons. The molecule has 0 aromatic carbocycles. The van der Waals surface area contributed by atoms with Crippen LogP contribution in [0, 0.1) is 6.92 Å². The number of aromatic nitrogens is 1. The molecule has 1 aromatic heterocycles. The summed E-state index contributed by atoms with van der Waals surface area (Å²) < 4.78 is 5.24. The Bertz CT molecular complexity index is 422. The number of rotatable bonds is 9. The predicted molar refractivity (Wildman–Crippen MR) is 81.2 cm³/mol. The third kappa shape index (κ3) is 5.57. The van der Waals surface area contributed by atoms with Crippen LogP contribution in [0.4, 0.5) is 5.69 Å². The van der Waals surface area contributed by atoms with Gasteiger partial charge in [0, 0.05) is 38.2 Å². The first-order chi connectivity index (χ1) is 9.69. The van der Waals surface area contributed by atoms with E-state index in [4.69, 9.17) is 4.74 Å². The van der Waals surface area contributed by atoms with E-state index >= 15 is 0 Å². The third-order valence-electron chi connectivity index (χ3n) is 2.81. The first-order valence-corrected chi connectivity index (χ1v) is 7.25. The number of amides is 1. The molecule has 0 saturated heterocycles. The zero-order valence-corrected chi connectivity index (χ0v) is 12.7. The molecule has 20 heavy (non-hydrogen) atoms. The molecule has 5 nitrogen and oxygen atoms in total. The predicted octanol–water partition coefficient (Wildman–Crippen LogP) is 2.37. The first kappa shape index (κ1) is 16.4. The number of ether oxygens (including phenoxy) is 1. The number of nitrogens with one attached hydrogen (secondary N) is 2. The molecule has 5 heteroatoms. The van der Waals surface area contributed by atoms with E-state index < -0.39 is 0 Å². The van der Waals surface area contributed by atoms with E-state index in [1.165, 1.54) is 0 Å². The number of hydrogen-bond donors (Lipinski definition) is 2. The molecule has 1 rings (SSSR count). The van der Waals surface area contributed by atoms with E-state index in [9.17, 15) is 4.79 Å². The Morgan fingerprint density at radius 3 is 2.85 bits per heavy atom. The second kappa shape index (κ2) is 9.31. The molecule has 0 bridgehead atoms. The number of nitrogens with zero attached hydrogens (tertiary/aromatic N) is 1. The summed E-state index contributed by atoms with van der Waals surface area (Å²) in [7, 11) is 0. The Morgan fingerprint density at radius 1 is 1.35 bits per heavy atom. The number of hydrogen-bond acceptors (Lipinski definition) is 4. The highest BCUT2D eigenvalue weighted by Crippen LogP contribution is 2.15. The summed E-state index contributed by atoms with van der Waals surface area (Å²) in [6, 6.07) is 1.91. The summed E-state index contributed by atoms with van der Waals surface area (Å²) in [6.45, 7) is 8.80. The molecule has 0 saturated carbocycles. The minimum absolute atomic E-state index is 0.0902. The van der Waals surface area contributed by atoms with E-state index in [-0.39, 0.29) is 5.91 Å². The van der Waals surface area contributed by atoms with Crippen molar-refractivity contribution in [3.63, 3.8) is 0 Å². The maximum atomic E-state index is 12.1. The first-order valence-electron chi connectivity index (χ1n) is 7.25. The summed E-state index contributed by atoms with van der Waals surface area (Å²) in [6.07, 6.45) is 3.46. The highest BCUT2D eigenvalue weighted by atomic mass is 16.5. The van der Waals surface area contributed by atoms with Gasteiger partial charge < -0.3 is 15.4 Å². The molecule has 0 atom stereocenters. The lowest BCUT2D eigenvalue weighted by molar-refractivity contribution is 0.0944. The van der Waals surface area contributed by atoms with Crippen LogP contribution in [0.25, 0.3) is 0 Å². The van der Waals surface area contributed by atoms with E-state index in [0.29, 0.717) is 25.3 Å². The lowest BCUT2D eigenvalue weighted by Gasteiger charge is -2.12. The Kier molecular flexibility index (Phi) is 7.65. The average molecular weight is 279 g/mol. The van der Waals surface area contributed by atoms with E-state index in [2.05, 4.69) is 22.5 Å². The Hall–Kier alpha value is -1.62. The number of anilines is 1. The maximum Gasteiger partial charge on any atom is 0.254 e. The van der Waals surface area contributed by atoms with Crippen LogP contribution in [0.3, 0.4) is 0 Å². The summed E-state index contributed by atoms with van der Waals surface area (Å²) >= 11 is 0. The number of pyridine rings is 1. The summed E-state index contributed by atoms with van der Waals surface area (Å²) in [5, 5.41) is 6.17. The summed E-state index contributed by atoms with van der Waals surface area (Å²) in [5.41, 5.74) is 2.35.